The average Bonchev–Trinajstić information content (AvgIpc) is 2.93. The van der Waals surface area contributed by atoms with Crippen LogP contribution < -0.4 is 0 Å². The summed E-state index contributed by atoms with van der Waals surface area (Å²) in [6.07, 6.45) is -0.683. The second-order valence-corrected chi connectivity index (χ2v) is 6.01. The maximum Gasteiger partial charge on any atom is 0.340 e. The number of rotatable bonds is 5. The van der Waals surface area contributed by atoms with Crippen LogP contribution in [-0.4, -0.2) is 45.2 Å². The zero-order valence-corrected chi connectivity index (χ0v) is 13.0. The van der Waals surface area contributed by atoms with Crippen LogP contribution in [0.5, 0.6) is 0 Å². The zero-order valence-electron chi connectivity index (χ0n) is 12.2. The smallest absolute Gasteiger partial charge is 0.340 e. The number of thioether (sulfide) groups is 1. The molecule has 0 amide bonds. The molecule has 0 aliphatic carbocycles. The minimum absolute atomic E-state index is 0.103. The van der Waals surface area contributed by atoms with E-state index in [1.165, 1.54) is 20.2 Å². The number of benzene rings is 1. The molecule has 7 heteroatoms. The predicted molar refractivity (Wildman–Crippen MR) is 83.7 cm³/mol. The number of aliphatic hydroxyl groups excluding tert-OH is 2. The van der Waals surface area contributed by atoms with Gasteiger partial charge in [0.25, 0.3) is 0 Å². The van der Waals surface area contributed by atoms with E-state index in [9.17, 15) is 19.8 Å². The van der Waals surface area contributed by atoms with E-state index in [0.717, 1.165) is 17.3 Å². The third kappa shape index (κ3) is 3.49. The number of nitrogens with one attached hydrogen (secondary N) is 1. The number of fused-ring (bicyclic) bond motifs is 1. The first-order valence-corrected chi connectivity index (χ1v) is 7.61. The number of H-pyrrole nitrogens is 1. The van der Waals surface area contributed by atoms with Crippen LogP contribution in [0.25, 0.3) is 10.9 Å². The first-order chi connectivity index (χ1) is 10.4. The molecule has 22 heavy (non-hydrogen) atoms. The lowest BCUT2D eigenvalue weighted by Crippen LogP contribution is -2.21. The highest BCUT2D eigenvalue weighted by molar-refractivity contribution is 8.13. The van der Waals surface area contributed by atoms with E-state index < -0.39 is 18.2 Å². The molecule has 0 aliphatic rings. The molecule has 0 saturated carbocycles. The van der Waals surface area contributed by atoms with Gasteiger partial charge in [0.1, 0.15) is 6.10 Å². The maximum absolute atomic E-state index is 11.7. The Morgan fingerprint density at radius 1 is 1.36 bits per heavy atom. The van der Waals surface area contributed by atoms with Crippen molar-refractivity contribution >= 4 is 33.7 Å². The summed E-state index contributed by atoms with van der Waals surface area (Å²) in [6.45, 7) is 1.40. The number of methoxy groups -OCH3 is 1. The van der Waals surface area contributed by atoms with Crippen molar-refractivity contribution in [3.63, 3.8) is 0 Å². The summed E-state index contributed by atoms with van der Waals surface area (Å²) in [5, 5.41) is 20.6. The Labute approximate surface area is 131 Å². The molecule has 6 nitrogen and oxygen atoms in total. The van der Waals surface area contributed by atoms with Crippen LogP contribution in [0.15, 0.2) is 24.4 Å². The van der Waals surface area contributed by atoms with Gasteiger partial charge < -0.3 is 19.9 Å². The van der Waals surface area contributed by atoms with Gasteiger partial charge in [0.2, 0.25) is 0 Å². The topological polar surface area (TPSA) is 99.6 Å². The van der Waals surface area contributed by atoms with Gasteiger partial charge >= 0.3 is 5.97 Å². The van der Waals surface area contributed by atoms with Gasteiger partial charge in [-0.25, -0.2) is 4.79 Å². The molecule has 2 aromatic rings. The number of hydrogen-bond acceptors (Lipinski definition) is 6. The van der Waals surface area contributed by atoms with E-state index >= 15 is 0 Å². The molecule has 2 rings (SSSR count). The Hall–Kier alpha value is -1.83. The summed E-state index contributed by atoms with van der Waals surface area (Å²) >= 11 is 0.950. The molecule has 0 saturated heterocycles. The van der Waals surface area contributed by atoms with Crippen LogP contribution in [0.4, 0.5) is 0 Å². The highest BCUT2D eigenvalue weighted by Gasteiger charge is 2.21. The minimum atomic E-state index is -1.14. The Morgan fingerprint density at radius 3 is 2.73 bits per heavy atom. The maximum atomic E-state index is 11.7. The van der Waals surface area contributed by atoms with Crippen LogP contribution in [0.1, 0.15) is 28.9 Å². The molecule has 1 heterocycles. The third-order valence-corrected chi connectivity index (χ3v) is 4.19. The molecule has 0 aliphatic heterocycles. The number of hydrogen-bond donors (Lipinski definition) is 3. The van der Waals surface area contributed by atoms with Crippen LogP contribution in [0, 0.1) is 0 Å². The van der Waals surface area contributed by atoms with Gasteiger partial charge in [0.05, 0.1) is 18.8 Å². The summed E-state index contributed by atoms with van der Waals surface area (Å²) in [6, 6.07) is 5.00. The number of aliphatic hydroxyl groups is 2. The largest absolute Gasteiger partial charge is 0.465 e. The van der Waals surface area contributed by atoms with Crippen molar-refractivity contribution in [2.24, 2.45) is 0 Å². The second kappa shape index (κ2) is 6.95. The van der Waals surface area contributed by atoms with Gasteiger partial charge in [-0.05, 0) is 17.7 Å². The first kappa shape index (κ1) is 16.5. The lowest BCUT2D eigenvalue weighted by Gasteiger charge is -2.17. The van der Waals surface area contributed by atoms with Gasteiger partial charge in [-0.2, -0.15) is 0 Å². The molecule has 0 bridgehead atoms. The molecule has 3 N–H and O–H groups in total. The quantitative estimate of drug-likeness (QED) is 0.723. The van der Waals surface area contributed by atoms with Crippen molar-refractivity contribution in [3.05, 3.63) is 35.5 Å². The molecular weight excluding hydrogens is 306 g/mol. The SMILES string of the molecule is COC(=O)c1c[nH]c2ccc(C(O)C(O)CSC(C)=O)cc12. The van der Waals surface area contributed by atoms with Crippen LogP contribution >= 0.6 is 11.8 Å². The number of ether oxygens (including phenoxy) is 1. The monoisotopic (exact) mass is 323 g/mol. The summed E-state index contributed by atoms with van der Waals surface area (Å²) in [4.78, 5) is 25.5. The molecule has 118 valence electrons. The van der Waals surface area contributed by atoms with Gasteiger partial charge in [0.15, 0.2) is 5.12 Å². The molecule has 0 fully saturated rings. The molecule has 2 atom stereocenters. The summed E-state index contributed by atoms with van der Waals surface area (Å²) < 4.78 is 4.70. The van der Waals surface area contributed by atoms with Crippen molar-refractivity contribution in [2.75, 3.05) is 12.9 Å². The van der Waals surface area contributed by atoms with E-state index in [0.29, 0.717) is 16.5 Å². The molecule has 0 radical (unpaired) electrons. The summed E-state index contributed by atoms with van der Waals surface area (Å²) in [5.41, 5.74) is 1.55. The van der Waals surface area contributed by atoms with E-state index in [1.807, 2.05) is 0 Å². The van der Waals surface area contributed by atoms with Crippen LogP contribution in [0.3, 0.4) is 0 Å². The van der Waals surface area contributed by atoms with Crippen molar-refractivity contribution in [1.29, 1.82) is 0 Å². The Balaban J connectivity index is 2.27. The Bertz CT molecular complexity index is 696. The van der Waals surface area contributed by atoms with Crippen molar-refractivity contribution in [1.82, 2.24) is 4.98 Å². The zero-order chi connectivity index (χ0) is 16.3. The van der Waals surface area contributed by atoms with Crippen LogP contribution in [-0.2, 0) is 9.53 Å². The van der Waals surface area contributed by atoms with E-state index in [4.69, 9.17) is 4.74 Å². The van der Waals surface area contributed by atoms with E-state index in [1.54, 1.807) is 18.2 Å². The van der Waals surface area contributed by atoms with Gasteiger partial charge in [0, 0.05) is 29.8 Å². The summed E-state index contributed by atoms with van der Waals surface area (Å²) in [5.74, 6) is -0.378. The standard InChI is InChI=1S/C15H17NO5S/c1-8(17)22-7-13(18)14(19)9-3-4-12-10(5-9)11(6-16-12)15(20)21-2/h3-6,13-14,16,18-19H,7H2,1-2H3. The fraction of sp³-hybridized carbons (Fsp3) is 0.333. The predicted octanol–water partition coefficient (Wildman–Crippen LogP) is 1.63. The number of carbonyl (C=O) groups is 2. The Morgan fingerprint density at radius 2 is 2.09 bits per heavy atom. The van der Waals surface area contributed by atoms with Gasteiger partial charge in [-0.1, -0.05) is 17.8 Å². The average molecular weight is 323 g/mol. The highest BCUT2D eigenvalue weighted by Crippen LogP contribution is 2.26. The molecule has 0 spiro atoms. The summed E-state index contributed by atoms with van der Waals surface area (Å²) in [7, 11) is 1.29. The fourth-order valence-corrected chi connectivity index (χ4v) is 2.70. The minimum Gasteiger partial charge on any atom is -0.465 e. The van der Waals surface area contributed by atoms with Crippen molar-refractivity contribution < 1.29 is 24.5 Å². The van der Waals surface area contributed by atoms with Gasteiger partial charge in [-0.3, -0.25) is 4.79 Å². The first-order valence-electron chi connectivity index (χ1n) is 6.63. The van der Waals surface area contributed by atoms with E-state index in [2.05, 4.69) is 4.98 Å². The third-order valence-electron chi connectivity index (χ3n) is 3.27. The lowest BCUT2D eigenvalue weighted by atomic mass is 10.0. The van der Waals surface area contributed by atoms with Crippen molar-refractivity contribution in [2.45, 2.75) is 19.1 Å². The normalized spacial score (nSPS) is 13.8. The molecule has 1 aromatic carbocycles. The molecule has 1 aromatic heterocycles. The number of aromatic nitrogens is 1. The highest BCUT2D eigenvalue weighted by atomic mass is 32.2. The number of aromatic amines is 1. The van der Waals surface area contributed by atoms with Crippen LogP contribution in [0.2, 0.25) is 0 Å². The van der Waals surface area contributed by atoms with Gasteiger partial charge in [-0.15, -0.1) is 0 Å². The van der Waals surface area contributed by atoms with E-state index in [-0.39, 0.29) is 10.9 Å². The second-order valence-electron chi connectivity index (χ2n) is 4.81. The number of carbonyl (C=O) groups excluding carboxylic acids is 2. The van der Waals surface area contributed by atoms with Crippen molar-refractivity contribution in [3.8, 4) is 0 Å². The Kier molecular flexibility index (Phi) is 5.23. The molecular formula is C15H17NO5S. The number of esters is 1. The lowest BCUT2D eigenvalue weighted by molar-refractivity contribution is -0.109. The fourth-order valence-electron chi connectivity index (χ4n) is 2.12. The molecule has 2 unspecified atom stereocenters.